The molecule has 0 saturated carbocycles. The number of halogens is 4. The molecule has 1 fully saturated rings. The summed E-state index contributed by atoms with van der Waals surface area (Å²) in [6, 6.07) is 7.06. The highest BCUT2D eigenvalue weighted by Crippen LogP contribution is 2.51. The van der Waals surface area contributed by atoms with Crippen molar-refractivity contribution >= 4 is 19.2 Å². The SMILES string of the molecule is [B][N+]1(Cc2ccc(C(F)(F)F)nc2)C2=C(CN3CCC2CC3)c2cc(F)ccc21. The number of rotatable bonds is 2. The molecule has 4 aliphatic rings. The molecule has 3 nitrogen and oxygen atoms in total. The second kappa shape index (κ2) is 6.41. The van der Waals surface area contributed by atoms with Gasteiger partial charge in [-0.2, -0.15) is 13.2 Å². The summed E-state index contributed by atoms with van der Waals surface area (Å²) >= 11 is 0. The number of nitrogens with zero attached hydrogens (tertiary/aromatic N) is 3. The number of pyridine rings is 1. The smallest absolute Gasteiger partial charge is 0.329 e. The summed E-state index contributed by atoms with van der Waals surface area (Å²) in [5.41, 5.74) is 3.46. The number of quaternary nitrogens is 1. The molecule has 1 aromatic carbocycles. The largest absolute Gasteiger partial charge is 0.493 e. The minimum absolute atomic E-state index is 0.0174. The third-order valence-electron chi connectivity index (χ3n) is 6.36. The zero-order valence-corrected chi connectivity index (χ0v) is 15.7. The quantitative estimate of drug-likeness (QED) is 0.553. The van der Waals surface area contributed by atoms with Crippen LogP contribution < -0.4 is 4.39 Å². The Morgan fingerprint density at radius 3 is 2.55 bits per heavy atom. The average Bonchev–Trinajstić information content (AvgIpc) is 2.85. The lowest BCUT2D eigenvalue weighted by Gasteiger charge is -2.38. The van der Waals surface area contributed by atoms with Gasteiger partial charge in [0.05, 0.1) is 6.54 Å². The van der Waals surface area contributed by atoms with Crippen molar-refractivity contribution in [2.24, 2.45) is 5.92 Å². The van der Waals surface area contributed by atoms with Gasteiger partial charge in [-0.05, 0) is 50.2 Å². The van der Waals surface area contributed by atoms with Crippen LogP contribution in [0, 0.1) is 11.7 Å². The Bertz CT molecular complexity index is 994. The lowest BCUT2D eigenvalue weighted by atomic mass is 9.90. The summed E-state index contributed by atoms with van der Waals surface area (Å²) in [5.74, 6) is -0.0292. The monoisotopic (exact) mass is 400 g/mol. The van der Waals surface area contributed by atoms with E-state index in [2.05, 4.69) is 9.88 Å². The highest BCUT2D eigenvalue weighted by Gasteiger charge is 2.48. The molecule has 0 aliphatic carbocycles. The maximum Gasteiger partial charge on any atom is 0.493 e. The Morgan fingerprint density at radius 1 is 1.14 bits per heavy atom. The van der Waals surface area contributed by atoms with E-state index in [4.69, 9.17) is 7.98 Å². The van der Waals surface area contributed by atoms with E-state index in [-0.39, 0.29) is 22.7 Å². The Morgan fingerprint density at radius 2 is 1.90 bits per heavy atom. The first kappa shape index (κ1) is 18.8. The Kier molecular flexibility index (Phi) is 4.16. The molecule has 8 heteroatoms. The molecule has 0 N–H and O–H groups in total. The molecule has 0 spiro atoms. The number of hydrogen-bond acceptors (Lipinski definition) is 2. The Hall–Kier alpha value is -2.19. The lowest BCUT2D eigenvalue weighted by molar-refractivity contribution is -0.141. The van der Waals surface area contributed by atoms with E-state index in [0.717, 1.165) is 61.1 Å². The van der Waals surface area contributed by atoms with E-state index >= 15 is 0 Å². The highest BCUT2D eigenvalue weighted by atomic mass is 19.4. The minimum Gasteiger partial charge on any atom is -0.329 e. The van der Waals surface area contributed by atoms with Gasteiger partial charge in [-0.25, -0.2) is 4.39 Å². The van der Waals surface area contributed by atoms with Crippen molar-refractivity contribution < 1.29 is 17.6 Å². The first-order valence-electron chi connectivity index (χ1n) is 9.71. The predicted octanol–water partition coefficient (Wildman–Crippen LogP) is 4.28. The second-order valence-corrected chi connectivity index (χ2v) is 8.15. The van der Waals surface area contributed by atoms with Crippen molar-refractivity contribution in [1.82, 2.24) is 14.3 Å². The summed E-state index contributed by atoms with van der Waals surface area (Å²) in [5, 5.41) is 0. The van der Waals surface area contributed by atoms with Gasteiger partial charge in [0.15, 0.2) is 0 Å². The Labute approximate surface area is 167 Å². The molecule has 1 saturated heterocycles. The van der Waals surface area contributed by atoms with E-state index in [1.165, 1.54) is 24.4 Å². The van der Waals surface area contributed by atoms with Gasteiger partial charge in [0.2, 0.25) is 0 Å². The summed E-state index contributed by atoms with van der Waals surface area (Å²) in [6.45, 7) is 2.96. The van der Waals surface area contributed by atoms with Crippen LogP contribution in [0.5, 0.6) is 0 Å². The van der Waals surface area contributed by atoms with Gasteiger partial charge >= 0.3 is 14.2 Å². The third kappa shape index (κ3) is 3.00. The zero-order chi connectivity index (χ0) is 20.4. The van der Waals surface area contributed by atoms with Crippen LogP contribution >= 0.6 is 0 Å². The summed E-state index contributed by atoms with van der Waals surface area (Å²) < 4.78 is 52.6. The topological polar surface area (TPSA) is 16.1 Å². The van der Waals surface area contributed by atoms with Gasteiger partial charge < -0.3 is 4.39 Å². The van der Waals surface area contributed by atoms with Gasteiger partial charge in [0.25, 0.3) is 0 Å². The summed E-state index contributed by atoms with van der Waals surface area (Å²) in [4.78, 5) is 5.95. The van der Waals surface area contributed by atoms with Crippen LogP contribution in [0.25, 0.3) is 5.57 Å². The highest BCUT2D eigenvalue weighted by molar-refractivity contribution is 6.18. The second-order valence-electron chi connectivity index (χ2n) is 8.15. The fourth-order valence-corrected chi connectivity index (χ4v) is 5.08. The van der Waals surface area contributed by atoms with Crippen molar-refractivity contribution in [3.8, 4) is 0 Å². The molecule has 1 atom stereocenters. The molecular weight excluding hydrogens is 381 g/mol. The number of allylic oxidation sites excluding steroid dienone is 1. The summed E-state index contributed by atoms with van der Waals surface area (Å²) in [6.07, 6.45) is -1.26. The van der Waals surface area contributed by atoms with Crippen molar-refractivity contribution in [2.45, 2.75) is 25.6 Å². The fourth-order valence-electron chi connectivity index (χ4n) is 5.08. The zero-order valence-electron chi connectivity index (χ0n) is 15.7. The molecule has 6 rings (SSSR count). The molecule has 1 aromatic heterocycles. The number of fused-ring (bicyclic) bond motifs is 3. The van der Waals surface area contributed by atoms with Crippen LogP contribution in [-0.4, -0.2) is 37.5 Å². The molecular formula is C21H19BF4N3+. The Balaban J connectivity index is 1.60. The van der Waals surface area contributed by atoms with Gasteiger partial charge in [-0.1, -0.05) is 0 Å². The normalized spacial score (nSPS) is 28.3. The number of hydrogen-bond donors (Lipinski definition) is 0. The lowest BCUT2D eigenvalue weighted by Crippen LogP contribution is -2.46. The van der Waals surface area contributed by atoms with E-state index in [1.54, 1.807) is 6.07 Å². The van der Waals surface area contributed by atoms with Crippen molar-refractivity contribution in [2.75, 3.05) is 19.6 Å². The van der Waals surface area contributed by atoms with Crippen LogP contribution in [0.1, 0.15) is 29.7 Å². The molecule has 5 heterocycles. The molecule has 2 bridgehead atoms. The number of benzene rings is 1. The molecule has 2 aromatic rings. The number of aromatic nitrogens is 1. The molecule has 29 heavy (non-hydrogen) atoms. The van der Waals surface area contributed by atoms with E-state index in [9.17, 15) is 17.6 Å². The van der Waals surface area contributed by atoms with Crippen molar-refractivity contribution in [3.63, 3.8) is 0 Å². The molecule has 148 valence electrons. The van der Waals surface area contributed by atoms with E-state index < -0.39 is 11.9 Å². The van der Waals surface area contributed by atoms with Crippen LogP contribution in [0.15, 0.2) is 42.2 Å². The maximum atomic E-state index is 14.1. The molecule has 2 radical (unpaired) electrons. The van der Waals surface area contributed by atoms with Gasteiger partial charge in [0.1, 0.15) is 22.9 Å². The van der Waals surface area contributed by atoms with Gasteiger partial charge in [0, 0.05) is 41.4 Å². The predicted molar refractivity (Wildman–Crippen MR) is 103 cm³/mol. The fraction of sp³-hybridized carbons (Fsp3) is 0.381. The van der Waals surface area contributed by atoms with Crippen molar-refractivity contribution in [3.05, 3.63) is 64.9 Å². The first-order chi connectivity index (χ1) is 13.8. The number of piperidine rings is 1. The third-order valence-corrected chi connectivity index (χ3v) is 6.36. The molecule has 1 unspecified atom stereocenters. The van der Waals surface area contributed by atoms with Crippen LogP contribution in [-0.2, 0) is 12.7 Å². The van der Waals surface area contributed by atoms with Crippen LogP contribution in [0.4, 0.5) is 23.2 Å². The van der Waals surface area contributed by atoms with E-state index in [0.29, 0.717) is 5.56 Å². The molecule has 4 aliphatic heterocycles. The maximum absolute atomic E-state index is 14.1. The van der Waals surface area contributed by atoms with Crippen molar-refractivity contribution in [1.29, 1.82) is 0 Å². The number of alkyl halides is 3. The summed E-state index contributed by atoms with van der Waals surface area (Å²) in [7, 11) is 6.97. The first-order valence-corrected chi connectivity index (χ1v) is 9.71. The average molecular weight is 400 g/mol. The van der Waals surface area contributed by atoms with Gasteiger partial charge in [-0.15, -0.1) is 0 Å². The van der Waals surface area contributed by atoms with E-state index in [1.807, 2.05) is 0 Å². The van der Waals surface area contributed by atoms with Gasteiger partial charge in [-0.3, -0.25) is 9.88 Å². The standard InChI is InChI=1S/C21H19BF4N3/c22-29(12-13-1-4-19(27-10-13)21(24,25)26)18-3-2-15(23)9-16(18)17-11-28-7-5-14(6-8-28)20(17)29/h1-4,9-10,14H,5-8,11-12H2/q+1. The molecule has 0 amide bonds. The van der Waals surface area contributed by atoms with Crippen LogP contribution in [0.3, 0.4) is 0 Å². The minimum atomic E-state index is -4.48. The van der Waals surface area contributed by atoms with Crippen LogP contribution in [0.2, 0.25) is 0 Å².